The molecule has 1 aromatic heterocycles. The van der Waals surface area contributed by atoms with Crippen LogP contribution < -0.4 is 10.1 Å². The number of halogens is 1. The number of carbonyl (C=O) groups is 1. The highest BCUT2D eigenvalue weighted by molar-refractivity contribution is 6.31. The van der Waals surface area contributed by atoms with Crippen molar-refractivity contribution in [3.63, 3.8) is 0 Å². The molecule has 6 heteroatoms. The molecule has 3 rings (SSSR count). The van der Waals surface area contributed by atoms with Gasteiger partial charge in [0.25, 0.3) is 0 Å². The van der Waals surface area contributed by atoms with Gasteiger partial charge in [0, 0.05) is 18.0 Å². The largest absolute Gasteiger partial charge is 0.494 e. The molecule has 1 N–H and O–H groups in total. The van der Waals surface area contributed by atoms with Gasteiger partial charge in [0.15, 0.2) is 0 Å². The van der Waals surface area contributed by atoms with Crippen LogP contribution in [0.5, 0.6) is 5.75 Å². The highest BCUT2D eigenvalue weighted by Gasteiger charge is 2.11. The minimum absolute atomic E-state index is 0.0327. The molecule has 5 nitrogen and oxygen atoms in total. The van der Waals surface area contributed by atoms with E-state index in [4.69, 9.17) is 16.3 Å². The minimum atomic E-state index is 0.0327. The Kier molecular flexibility index (Phi) is 6.93. The Labute approximate surface area is 170 Å². The van der Waals surface area contributed by atoms with E-state index in [1.807, 2.05) is 50.2 Å². The first-order valence-corrected chi connectivity index (χ1v) is 10.1. The normalized spacial score (nSPS) is 11.0. The van der Waals surface area contributed by atoms with Crippen molar-refractivity contribution >= 4 is 28.5 Å². The second-order valence-electron chi connectivity index (χ2n) is 6.77. The third-order valence-electron chi connectivity index (χ3n) is 4.67. The summed E-state index contributed by atoms with van der Waals surface area (Å²) in [5.74, 6) is 1.76. The molecule has 0 saturated heterocycles. The van der Waals surface area contributed by atoms with Crippen LogP contribution in [0.25, 0.3) is 11.0 Å². The average molecular weight is 400 g/mol. The van der Waals surface area contributed by atoms with Crippen molar-refractivity contribution in [3.05, 3.63) is 58.9 Å². The zero-order chi connectivity index (χ0) is 19.9. The summed E-state index contributed by atoms with van der Waals surface area (Å²) in [6.45, 7) is 5.75. The number of carbonyl (C=O) groups excluding carboxylic acids is 1. The van der Waals surface area contributed by atoms with E-state index >= 15 is 0 Å². The third kappa shape index (κ3) is 5.04. The van der Waals surface area contributed by atoms with Gasteiger partial charge >= 0.3 is 0 Å². The van der Waals surface area contributed by atoms with Gasteiger partial charge in [0.2, 0.25) is 5.91 Å². The lowest BCUT2D eigenvalue weighted by Crippen LogP contribution is -2.23. The quantitative estimate of drug-likeness (QED) is 0.521. The fourth-order valence-corrected chi connectivity index (χ4v) is 3.20. The molecule has 148 valence electrons. The van der Waals surface area contributed by atoms with Gasteiger partial charge in [-0.15, -0.1) is 0 Å². The number of para-hydroxylation sites is 2. The molecular weight excluding hydrogens is 374 g/mol. The number of fused-ring (bicyclic) bond motifs is 1. The molecule has 0 saturated carbocycles. The molecule has 0 unspecified atom stereocenters. The topological polar surface area (TPSA) is 56.2 Å². The number of nitrogens with zero attached hydrogens (tertiary/aromatic N) is 2. The van der Waals surface area contributed by atoms with Crippen LogP contribution in [0.3, 0.4) is 0 Å². The van der Waals surface area contributed by atoms with Crippen molar-refractivity contribution in [1.82, 2.24) is 14.9 Å². The Balaban J connectivity index is 1.58. The summed E-state index contributed by atoms with van der Waals surface area (Å²) in [6, 6.07) is 13.8. The van der Waals surface area contributed by atoms with Crippen LogP contribution in [-0.2, 0) is 17.9 Å². The lowest BCUT2D eigenvalue weighted by Gasteiger charge is -2.11. The summed E-state index contributed by atoms with van der Waals surface area (Å²) >= 11 is 6.05. The standard InChI is InChI=1S/C22H26ClN3O2/c1-3-22(27)24-15-21-25-19-8-4-5-9-20(19)26(21)12-6-7-13-28-17-10-11-18(23)16(2)14-17/h4-5,8-11,14H,3,6-7,12-13,15H2,1-2H3,(H,24,27). The average Bonchev–Trinajstić information content (AvgIpc) is 3.06. The summed E-state index contributed by atoms with van der Waals surface area (Å²) in [4.78, 5) is 16.3. The molecule has 0 radical (unpaired) electrons. The molecule has 0 atom stereocenters. The summed E-state index contributed by atoms with van der Waals surface area (Å²) in [5.41, 5.74) is 3.07. The summed E-state index contributed by atoms with van der Waals surface area (Å²) < 4.78 is 8.02. The van der Waals surface area contributed by atoms with Crippen LogP contribution in [0.15, 0.2) is 42.5 Å². The van der Waals surface area contributed by atoms with Crippen LogP contribution in [0.2, 0.25) is 5.02 Å². The smallest absolute Gasteiger partial charge is 0.220 e. The third-order valence-corrected chi connectivity index (χ3v) is 5.10. The van der Waals surface area contributed by atoms with E-state index in [0.29, 0.717) is 19.6 Å². The van der Waals surface area contributed by atoms with Gasteiger partial charge in [0.1, 0.15) is 11.6 Å². The maximum atomic E-state index is 11.6. The van der Waals surface area contributed by atoms with Gasteiger partial charge < -0.3 is 14.6 Å². The van der Waals surface area contributed by atoms with E-state index in [-0.39, 0.29) is 5.91 Å². The molecule has 1 amide bonds. The lowest BCUT2D eigenvalue weighted by atomic mass is 10.2. The van der Waals surface area contributed by atoms with Crippen LogP contribution in [0, 0.1) is 6.92 Å². The molecular formula is C22H26ClN3O2. The number of aromatic nitrogens is 2. The van der Waals surface area contributed by atoms with E-state index in [1.165, 1.54) is 0 Å². The Morgan fingerprint density at radius 1 is 1.21 bits per heavy atom. The maximum absolute atomic E-state index is 11.6. The Bertz CT molecular complexity index is 952. The zero-order valence-corrected chi connectivity index (χ0v) is 17.1. The zero-order valence-electron chi connectivity index (χ0n) is 16.4. The molecule has 0 spiro atoms. The molecule has 0 aliphatic rings. The molecule has 0 fully saturated rings. The molecule has 3 aromatic rings. The first kappa shape index (κ1) is 20.2. The van der Waals surface area contributed by atoms with Gasteiger partial charge in [-0.2, -0.15) is 0 Å². The van der Waals surface area contributed by atoms with Crippen LogP contribution in [0.4, 0.5) is 0 Å². The fourth-order valence-electron chi connectivity index (χ4n) is 3.08. The number of benzene rings is 2. The van der Waals surface area contributed by atoms with Gasteiger partial charge in [-0.05, 0) is 55.7 Å². The Hall–Kier alpha value is -2.53. The van der Waals surface area contributed by atoms with Crippen LogP contribution in [-0.4, -0.2) is 22.1 Å². The SMILES string of the molecule is CCC(=O)NCc1nc2ccccc2n1CCCCOc1ccc(Cl)c(C)c1. The van der Waals surface area contributed by atoms with Gasteiger partial charge in [-0.1, -0.05) is 30.7 Å². The van der Waals surface area contributed by atoms with Gasteiger partial charge in [-0.25, -0.2) is 4.98 Å². The molecule has 28 heavy (non-hydrogen) atoms. The first-order valence-electron chi connectivity index (χ1n) is 9.68. The van der Waals surface area contributed by atoms with E-state index in [1.54, 1.807) is 0 Å². The number of nitrogens with one attached hydrogen (secondary N) is 1. The fraction of sp³-hybridized carbons (Fsp3) is 0.364. The van der Waals surface area contributed by atoms with Crippen molar-refractivity contribution in [1.29, 1.82) is 0 Å². The monoisotopic (exact) mass is 399 g/mol. The number of hydrogen-bond acceptors (Lipinski definition) is 3. The Morgan fingerprint density at radius 3 is 2.82 bits per heavy atom. The van der Waals surface area contributed by atoms with Crippen molar-refractivity contribution < 1.29 is 9.53 Å². The molecule has 0 bridgehead atoms. The van der Waals surface area contributed by atoms with E-state index in [2.05, 4.69) is 20.9 Å². The van der Waals surface area contributed by atoms with Crippen LogP contribution >= 0.6 is 11.6 Å². The van der Waals surface area contributed by atoms with Crippen molar-refractivity contribution in [3.8, 4) is 5.75 Å². The van der Waals surface area contributed by atoms with E-state index < -0.39 is 0 Å². The first-order chi connectivity index (χ1) is 13.6. The number of amides is 1. The van der Waals surface area contributed by atoms with E-state index in [0.717, 1.165) is 52.6 Å². The highest BCUT2D eigenvalue weighted by Crippen LogP contribution is 2.21. The van der Waals surface area contributed by atoms with E-state index in [9.17, 15) is 4.79 Å². The number of imidazole rings is 1. The van der Waals surface area contributed by atoms with Crippen LogP contribution in [0.1, 0.15) is 37.6 Å². The number of hydrogen-bond donors (Lipinski definition) is 1. The number of unbranched alkanes of at least 4 members (excludes halogenated alkanes) is 1. The lowest BCUT2D eigenvalue weighted by molar-refractivity contribution is -0.120. The predicted molar refractivity (Wildman–Crippen MR) is 113 cm³/mol. The molecule has 2 aromatic carbocycles. The summed E-state index contributed by atoms with van der Waals surface area (Å²) in [5, 5.41) is 3.68. The number of rotatable bonds is 9. The summed E-state index contributed by atoms with van der Waals surface area (Å²) in [6.07, 6.45) is 2.36. The van der Waals surface area contributed by atoms with Crippen molar-refractivity contribution in [2.75, 3.05) is 6.61 Å². The van der Waals surface area contributed by atoms with Gasteiger partial charge in [0.05, 0.1) is 24.2 Å². The second kappa shape index (κ2) is 9.60. The maximum Gasteiger partial charge on any atom is 0.220 e. The summed E-state index contributed by atoms with van der Waals surface area (Å²) in [7, 11) is 0. The van der Waals surface area contributed by atoms with Gasteiger partial charge in [-0.3, -0.25) is 4.79 Å². The highest BCUT2D eigenvalue weighted by atomic mass is 35.5. The molecule has 1 heterocycles. The molecule has 0 aliphatic carbocycles. The predicted octanol–water partition coefficient (Wildman–Crippen LogP) is 4.88. The second-order valence-corrected chi connectivity index (χ2v) is 7.17. The van der Waals surface area contributed by atoms with Crippen molar-refractivity contribution in [2.45, 2.75) is 46.2 Å². The van der Waals surface area contributed by atoms with Crippen molar-refractivity contribution in [2.24, 2.45) is 0 Å². The number of aryl methyl sites for hydroxylation is 2. The number of ether oxygens (including phenoxy) is 1. The molecule has 0 aliphatic heterocycles. The Morgan fingerprint density at radius 2 is 2.04 bits per heavy atom. The minimum Gasteiger partial charge on any atom is -0.494 e.